The number of carbonyl (C=O) groups excluding carboxylic acids is 2. The Hall–Kier alpha value is -3.14. The third-order valence-electron chi connectivity index (χ3n) is 3.39. The number of hydrogen-bond acceptors (Lipinski definition) is 7. The monoisotopic (exact) mass is 438 g/mol. The molecule has 0 saturated carbocycles. The van der Waals surface area contributed by atoms with E-state index in [1.54, 1.807) is 12.1 Å². The van der Waals surface area contributed by atoms with Crippen LogP contribution in [-0.4, -0.2) is 37.6 Å². The molecule has 2 aromatic carbocycles. The van der Waals surface area contributed by atoms with Crippen LogP contribution in [0.1, 0.15) is 10.4 Å². The maximum atomic E-state index is 12.2. The summed E-state index contributed by atoms with van der Waals surface area (Å²) in [5.41, 5.74) is 0.290. The largest absolute Gasteiger partial charge is 0.493 e. The van der Waals surface area contributed by atoms with Crippen molar-refractivity contribution in [1.29, 1.82) is 0 Å². The van der Waals surface area contributed by atoms with Gasteiger partial charge < -0.3 is 19.5 Å². The lowest BCUT2D eigenvalue weighted by atomic mass is 10.2. The van der Waals surface area contributed by atoms with Crippen LogP contribution in [0, 0.1) is 10.1 Å². The van der Waals surface area contributed by atoms with E-state index in [0.717, 1.165) is 0 Å². The van der Waals surface area contributed by atoms with Crippen molar-refractivity contribution < 1.29 is 28.7 Å². The van der Waals surface area contributed by atoms with Crippen molar-refractivity contribution in [3.63, 3.8) is 0 Å². The summed E-state index contributed by atoms with van der Waals surface area (Å²) in [6.07, 6.45) is 0. The summed E-state index contributed by atoms with van der Waals surface area (Å²) in [5.74, 6) is -0.821. The number of para-hydroxylation sites is 1. The molecule has 10 heteroatoms. The molecule has 142 valence electrons. The molecule has 2 rings (SSSR count). The number of hydrogen-bond donors (Lipinski definition) is 1. The minimum atomic E-state index is -0.760. The summed E-state index contributed by atoms with van der Waals surface area (Å²) >= 11 is 3.14. The van der Waals surface area contributed by atoms with Gasteiger partial charge in [-0.3, -0.25) is 14.9 Å². The Morgan fingerprint density at radius 2 is 1.93 bits per heavy atom. The SMILES string of the molecule is COc1cccc(C(=O)OCC(=O)Nc2ccc([N+](=O)[O-])cc2Br)c1OC. The summed E-state index contributed by atoms with van der Waals surface area (Å²) in [6, 6.07) is 8.55. The van der Waals surface area contributed by atoms with Crippen molar-refractivity contribution >= 4 is 39.2 Å². The Kier molecular flexibility index (Phi) is 6.72. The predicted molar refractivity (Wildman–Crippen MR) is 99.3 cm³/mol. The zero-order valence-electron chi connectivity index (χ0n) is 14.4. The third kappa shape index (κ3) is 4.94. The summed E-state index contributed by atoms with van der Waals surface area (Å²) in [5, 5.41) is 13.2. The Morgan fingerprint density at radius 1 is 1.19 bits per heavy atom. The zero-order valence-corrected chi connectivity index (χ0v) is 15.9. The van der Waals surface area contributed by atoms with Gasteiger partial charge in [-0.1, -0.05) is 6.07 Å². The van der Waals surface area contributed by atoms with Crippen molar-refractivity contribution in [2.45, 2.75) is 0 Å². The molecule has 1 amide bonds. The number of nitro benzene ring substituents is 1. The number of nitrogens with zero attached hydrogens (tertiary/aromatic N) is 1. The number of halogens is 1. The first-order valence-electron chi connectivity index (χ1n) is 7.49. The number of nitro groups is 1. The quantitative estimate of drug-likeness (QED) is 0.400. The highest BCUT2D eigenvalue weighted by Gasteiger charge is 2.19. The second-order valence-corrected chi connectivity index (χ2v) is 5.94. The molecular formula is C17H15BrN2O7. The number of carbonyl (C=O) groups is 2. The second kappa shape index (κ2) is 8.99. The van der Waals surface area contributed by atoms with Gasteiger partial charge in [0.05, 0.1) is 24.8 Å². The van der Waals surface area contributed by atoms with E-state index in [2.05, 4.69) is 21.2 Å². The molecule has 0 heterocycles. The van der Waals surface area contributed by atoms with Gasteiger partial charge in [0.2, 0.25) is 0 Å². The number of esters is 1. The van der Waals surface area contributed by atoms with E-state index in [1.165, 1.54) is 38.5 Å². The van der Waals surface area contributed by atoms with Gasteiger partial charge in [-0.05, 0) is 34.1 Å². The molecule has 0 spiro atoms. The van der Waals surface area contributed by atoms with Gasteiger partial charge in [0.1, 0.15) is 5.56 Å². The number of benzene rings is 2. The van der Waals surface area contributed by atoms with Crippen molar-refractivity contribution in [2.24, 2.45) is 0 Å². The van der Waals surface area contributed by atoms with Crippen molar-refractivity contribution in [3.8, 4) is 11.5 Å². The van der Waals surface area contributed by atoms with Gasteiger partial charge in [0.15, 0.2) is 18.1 Å². The molecule has 0 saturated heterocycles. The lowest BCUT2D eigenvalue weighted by molar-refractivity contribution is -0.384. The lowest BCUT2D eigenvalue weighted by Gasteiger charge is -2.12. The predicted octanol–water partition coefficient (Wildman–Crippen LogP) is 3.17. The molecule has 0 aliphatic carbocycles. The van der Waals surface area contributed by atoms with Crippen LogP contribution in [0.15, 0.2) is 40.9 Å². The van der Waals surface area contributed by atoms with Gasteiger partial charge in [0.25, 0.3) is 11.6 Å². The zero-order chi connectivity index (χ0) is 20.0. The minimum Gasteiger partial charge on any atom is -0.493 e. The van der Waals surface area contributed by atoms with E-state index in [1.807, 2.05) is 0 Å². The average molecular weight is 439 g/mol. The lowest BCUT2D eigenvalue weighted by Crippen LogP contribution is -2.21. The molecule has 27 heavy (non-hydrogen) atoms. The van der Waals surface area contributed by atoms with E-state index >= 15 is 0 Å². The van der Waals surface area contributed by atoms with Crippen LogP contribution in [0.4, 0.5) is 11.4 Å². The first-order chi connectivity index (χ1) is 12.9. The Labute approximate surface area is 162 Å². The van der Waals surface area contributed by atoms with E-state index in [-0.39, 0.29) is 17.0 Å². The topological polar surface area (TPSA) is 117 Å². The minimum absolute atomic E-state index is 0.112. The van der Waals surface area contributed by atoms with Crippen LogP contribution in [0.5, 0.6) is 11.5 Å². The molecule has 2 aromatic rings. The van der Waals surface area contributed by atoms with Crippen LogP contribution in [-0.2, 0) is 9.53 Å². The van der Waals surface area contributed by atoms with Crippen molar-refractivity contribution in [2.75, 3.05) is 26.1 Å². The first kappa shape index (κ1) is 20.2. The van der Waals surface area contributed by atoms with Crippen LogP contribution in [0.2, 0.25) is 0 Å². The molecule has 0 aromatic heterocycles. The molecule has 0 atom stereocenters. The maximum Gasteiger partial charge on any atom is 0.342 e. The van der Waals surface area contributed by atoms with Crippen LogP contribution in [0.25, 0.3) is 0 Å². The summed E-state index contributed by atoms with van der Waals surface area (Å²) in [4.78, 5) is 34.4. The number of amides is 1. The number of anilines is 1. The number of ether oxygens (including phenoxy) is 3. The number of non-ortho nitro benzene ring substituents is 1. The van der Waals surface area contributed by atoms with E-state index in [4.69, 9.17) is 14.2 Å². The first-order valence-corrected chi connectivity index (χ1v) is 8.28. The van der Waals surface area contributed by atoms with E-state index in [9.17, 15) is 19.7 Å². The van der Waals surface area contributed by atoms with Gasteiger partial charge in [0, 0.05) is 16.6 Å². The molecule has 0 fully saturated rings. The molecule has 0 radical (unpaired) electrons. The van der Waals surface area contributed by atoms with Crippen LogP contribution >= 0.6 is 15.9 Å². The normalized spacial score (nSPS) is 10.0. The maximum absolute atomic E-state index is 12.2. The number of rotatable bonds is 7. The number of nitrogens with one attached hydrogen (secondary N) is 1. The fourth-order valence-electron chi connectivity index (χ4n) is 2.16. The van der Waals surface area contributed by atoms with Gasteiger partial charge in [-0.25, -0.2) is 4.79 Å². The third-order valence-corrected chi connectivity index (χ3v) is 4.05. The highest BCUT2D eigenvalue weighted by atomic mass is 79.9. The van der Waals surface area contributed by atoms with Crippen molar-refractivity contribution in [1.82, 2.24) is 0 Å². The Balaban J connectivity index is 2.02. The van der Waals surface area contributed by atoms with E-state index in [0.29, 0.717) is 15.9 Å². The second-order valence-electron chi connectivity index (χ2n) is 5.09. The highest BCUT2D eigenvalue weighted by molar-refractivity contribution is 9.10. The molecular weight excluding hydrogens is 424 g/mol. The van der Waals surface area contributed by atoms with Gasteiger partial charge in [-0.15, -0.1) is 0 Å². The smallest absolute Gasteiger partial charge is 0.342 e. The van der Waals surface area contributed by atoms with Crippen LogP contribution in [0.3, 0.4) is 0 Å². The summed E-state index contributed by atoms with van der Waals surface area (Å²) in [7, 11) is 2.82. The summed E-state index contributed by atoms with van der Waals surface area (Å²) < 4.78 is 15.6. The molecule has 0 unspecified atom stereocenters. The fourth-order valence-corrected chi connectivity index (χ4v) is 2.63. The average Bonchev–Trinajstić information content (AvgIpc) is 2.66. The molecule has 1 N–H and O–H groups in total. The molecule has 0 aliphatic rings. The summed E-state index contributed by atoms with van der Waals surface area (Å²) in [6.45, 7) is -0.553. The Morgan fingerprint density at radius 3 is 2.52 bits per heavy atom. The standard InChI is InChI=1S/C17H15BrN2O7/c1-25-14-5-3-4-11(16(14)26-2)17(22)27-9-15(21)19-13-7-6-10(20(23)24)8-12(13)18/h3-8H,9H2,1-2H3,(H,19,21). The molecule has 0 bridgehead atoms. The molecule has 0 aliphatic heterocycles. The molecule has 9 nitrogen and oxygen atoms in total. The van der Waals surface area contributed by atoms with Crippen LogP contribution < -0.4 is 14.8 Å². The fraction of sp³-hybridized carbons (Fsp3) is 0.176. The Bertz CT molecular complexity index is 886. The van der Waals surface area contributed by atoms with E-state index < -0.39 is 23.4 Å². The number of methoxy groups -OCH3 is 2. The van der Waals surface area contributed by atoms with Gasteiger partial charge >= 0.3 is 5.97 Å². The van der Waals surface area contributed by atoms with Crippen molar-refractivity contribution in [3.05, 3.63) is 56.5 Å². The van der Waals surface area contributed by atoms with Gasteiger partial charge in [-0.2, -0.15) is 0 Å². The highest BCUT2D eigenvalue weighted by Crippen LogP contribution is 2.31.